The zero-order valence-corrected chi connectivity index (χ0v) is 14.3. The molecule has 2 aromatic carbocycles. The molecule has 3 rings (SSSR count). The Bertz CT molecular complexity index is 724. The van der Waals surface area contributed by atoms with E-state index in [-0.39, 0.29) is 17.2 Å². The van der Waals surface area contributed by atoms with Crippen molar-refractivity contribution in [3.63, 3.8) is 0 Å². The van der Waals surface area contributed by atoms with E-state index in [1.807, 2.05) is 6.07 Å². The van der Waals surface area contributed by atoms with Gasteiger partial charge in [0.05, 0.1) is 15.7 Å². The van der Waals surface area contributed by atoms with E-state index in [2.05, 4.69) is 5.32 Å². The van der Waals surface area contributed by atoms with Gasteiger partial charge in [0.2, 0.25) is 0 Å². The van der Waals surface area contributed by atoms with Crippen LogP contribution in [0.2, 0.25) is 10.0 Å². The minimum absolute atomic E-state index is 0.230. The Hall–Kier alpha value is -1.43. The third-order valence-corrected chi connectivity index (χ3v) is 5.37. The first-order valence-electron chi connectivity index (χ1n) is 6.95. The van der Waals surface area contributed by atoms with Crippen molar-refractivity contribution in [2.75, 3.05) is 17.6 Å². The highest BCUT2D eigenvalue weighted by molar-refractivity contribution is 7.99. The van der Waals surface area contributed by atoms with Crippen molar-refractivity contribution in [2.24, 2.45) is 0 Å². The second kappa shape index (κ2) is 6.99. The summed E-state index contributed by atoms with van der Waals surface area (Å²) in [6.07, 6.45) is 0. The molecule has 1 aliphatic rings. The van der Waals surface area contributed by atoms with Crippen LogP contribution in [0.1, 0.15) is 10.9 Å². The van der Waals surface area contributed by atoms with E-state index in [1.54, 1.807) is 40.9 Å². The molecule has 0 bridgehead atoms. The number of carbonyl (C=O) groups excluding carboxylic acids is 1. The van der Waals surface area contributed by atoms with Crippen LogP contribution in [-0.2, 0) is 0 Å². The molecule has 1 unspecified atom stereocenters. The lowest BCUT2D eigenvalue weighted by atomic mass is 10.2. The van der Waals surface area contributed by atoms with E-state index in [9.17, 15) is 9.18 Å². The number of nitrogens with one attached hydrogen (secondary N) is 1. The quantitative estimate of drug-likeness (QED) is 0.765. The maximum absolute atomic E-state index is 13.4. The number of halogens is 3. The van der Waals surface area contributed by atoms with Gasteiger partial charge in [0.25, 0.3) is 0 Å². The van der Waals surface area contributed by atoms with Gasteiger partial charge in [-0.25, -0.2) is 9.18 Å². The largest absolute Gasteiger partial charge is 0.323 e. The number of para-hydroxylation sites is 1. The van der Waals surface area contributed by atoms with Crippen molar-refractivity contribution in [1.29, 1.82) is 0 Å². The van der Waals surface area contributed by atoms with Gasteiger partial charge < -0.3 is 10.2 Å². The molecule has 0 aliphatic carbocycles. The molecule has 0 saturated carbocycles. The molecule has 1 N–H and O–H groups in total. The highest BCUT2D eigenvalue weighted by Crippen LogP contribution is 2.39. The molecule has 0 aromatic heterocycles. The average Bonchev–Trinajstić information content (AvgIpc) is 3.00. The first kappa shape index (κ1) is 16.4. The summed E-state index contributed by atoms with van der Waals surface area (Å²) in [6.45, 7) is 0.569. The van der Waals surface area contributed by atoms with E-state index >= 15 is 0 Å². The number of nitrogens with zero attached hydrogens (tertiary/aromatic N) is 1. The summed E-state index contributed by atoms with van der Waals surface area (Å²) in [5.74, 6) is 0.467. The average molecular weight is 371 g/mol. The first-order valence-corrected chi connectivity index (χ1v) is 8.75. The summed E-state index contributed by atoms with van der Waals surface area (Å²) in [6, 6.07) is 11.0. The fourth-order valence-corrected chi connectivity index (χ4v) is 4.15. The lowest BCUT2D eigenvalue weighted by Crippen LogP contribution is -2.34. The number of anilines is 1. The molecule has 1 saturated heterocycles. The van der Waals surface area contributed by atoms with Gasteiger partial charge in [0.1, 0.15) is 11.2 Å². The van der Waals surface area contributed by atoms with E-state index < -0.39 is 0 Å². The van der Waals surface area contributed by atoms with Crippen molar-refractivity contribution >= 4 is 46.7 Å². The lowest BCUT2D eigenvalue weighted by Gasteiger charge is -2.25. The zero-order chi connectivity index (χ0) is 16.4. The second-order valence-corrected chi connectivity index (χ2v) is 7.00. The summed E-state index contributed by atoms with van der Waals surface area (Å²) in [5.41, 5.74) is 1.14. The Morgan fingerprint density at radius 1 is 1.22 bits per heavy atom. The topological polar surface area (TPSA) is 32.3 Å². The minimum Gasteiger partial charge on any atom is -0.308 e. The molecule has 23 heavy (non-hydrogen) atoms. The van der Waals surface area contributed by atoms with Gasteiger partial charge in [0.15, 0.2) is 0 Å². The predicted octanol–water partition coefficient (Wildman–Crippen LogP) is 5.41. The van der Waals surface area contributed by atoms with Gasteiger partial charge in [-0.05, 0) is 29.8 Å². The van der Waals surface area contributed by atoms with Crippen LogP contribution in [-0.4, -0.2) is 23.2 Å². The van der Waals surface area contributed by atoms with Crippen LogP contribution < -0.4 is 5.32 Å². The van der Waals surface area contributed by atoms with E-state index in [0.717, 1.165) is 11.3 Å². The summed E-state index contributed by atoms with van der Waals surface area (Å²) in [4.78, 5) is 14.2. The Kier molecular flexibility index (Phi) is 4.99. The van der Waals surface area contributed by atoms with Crippen LogP contribution in [0.5, 0.6) is 0 Å². The molecule has 3 nitrogen and oxygen atoms in total. The van der Waals surface area contributed by atoms with Gasteiger partial charge in [-0.2, -0.15) is 0 Å². The standard InChI is InChI=1S/C16H13Cl2FN2OS/c17-12-5-2-6-13(18)14(12)20-16(22)21-7-8-23-15(21)10-3-1-4-11(19)9-10/h1-6,9,15H,7-8H2,(H,20,22). The Labute approximate surface area is 147 Å². The molecule has 1 aliphatic heterocycles. The molecular formula is C16H13Cl2FN2OS. The summed E-state index contributed by atoms with van der Waals surface area (Å²) in [7, 11) is 0. The summed E-state index contributed by atoms with van der Waals surface area (Å²) in [5, 5.41) is 3.27. The number of amides is 2. The van der Waals surface area contributed by atoms with Gasteiger partial charge in [0, 0.05) is 12.3 Å². The number of hydrogen-bond donors (Lipinski definition) is 1. The highest BCUT2D eigenvalue weighted by atomic mass is 35.5. The molecular weight excluding hydrogens is 358 g/mol. The molecule has 1 atom stereocenters. The van der Waals surface area contributed by atoms with Crippen molar-refractivity contribution in [3.05, 3.63) is 63.9 Å². The fraction of sp³-hybridized carbons (Fsp3) is 0.188. The third kappa shape index (κ3) is 3.57. The van der Waals surface area contributed by atoms with E-state index in [4.69, 9.17) is 23.2 Å². The zero-order valence-electron chi connectivity index (χ0n) is 11.9. The maximum Gasteiger partial charge on any atom is 0.323 e. The molecule has 120 valence electrons. The molecule has 0 radical (unpaired) electrons. The Balaban J connectivity index is 1.81. The van der Waals surface area contributed by atoms with Crippen LogP contribution in [0.25, 0.3) is 0 Å². The van der Waals surface area contributed by atoms with Crippen molar-refractivity contribution in [3.8, 4) is 0 Å². The Morgan fingerprint density at radius 3 is 2.61 bits per heavy atom. The van der Waals surface area contributed by atoms with E-state index in [0.29, 0.717) is 22.3 Å². The van der Waals surface area contributed by atoms with Crippen LogP contribution in [0.3, 0.4) is 0 Å². The molecule has 2 amide bonds. The number of carbonyl (C=O) groups is 1. The SMILES string of the molecule is O=C(Nc1c(Cl)cccc1Cl)N1CCSC1c1cccc(F)c1. The molecule has 0 spiro atoms. The number of hydrogen-bond acceptors (Lipinski definition) is 2. The fourth-order valence-electron chi connectivity index (χ4n) is 2.41. The van der Waals surface area contributed by atoms with Crippen molar-refractivity contribution < 1.29 is 9.18 Å². The number of urea groups is 1. The second-order valence-electron chi connectivity index (χ2n) is 5.00. The van der Waals surface area contributed by atoms with Crippen LogP contribution in [0.15, 0.2) is 42.5 Å². The molecule has 2 aromatic rings. The minimum atomic E-state index is -0.315. The van der Waals surface area contributed by atoms with Gasteiger partial charge in [-0.3, -0.25) is 0 Å². The number of benzene rings is 2. The van der Waals surface area contributed by atoms with Crippen LogP contribution >= 0.6 is 35.0 Å². The normalized spacial score (nSPS) is 17.3. The van der Waals surface area contributed by atoms with Gasteiger partial charge >= 0.3 is 6.03 Å². The molecule has 1 fully saturated rings. The van der Waals surface area contributed by atoms with Crippen LogP contribution in [0.4, 0.5) is 14.9 Å². The van der Waals surface area contributed by atoms with Crippen molar-refractivity contribution in [1.82, 2.24) is 4.90 Å². The number of rotatable bonds is 2. The Morgan fingerprint density at radius 2 is 1.91 bits per heavy atom. The predicted molar refractivity (Wildman–Crippen MR) is 93.8 cm³/mol. The first-order chi connectivity index (χ1) is 11.1. The lowest BCUT2D eigenvalue weighted by molar-refractivity contribution is 0.214. The number of thioether (sulfide) groups is 1. The summed E-state index contributed by atoms with van der Waals surface area (Å²) < 4.78 is 13.4. The molecule has 7 heteroatoms. The third-order valence-electron chi connectivity index (χ3n) is 3.48. The van der Waals surface area contributed by atoms with Gasteiger partial charge in [-0.15, -0.1) is 11.8 Å². The van der Waals surface area contributed by atoms with E-state index in [1.165, 1.54) is 12.1 Å². The maximum atomic E-state index is 13.4. The van der Waals surface area contributed by atoms with Crippen LogP contribution in [0, 0.1) is 5.82 Å². The van der Waals surface area contributed by atoms with Crippen molar-refractivity contribution in [2.45, 2.75) is 5.37 Å². The monoisotopic (exact) mass is 370 g/mol. The highest BCUT2D eigenvalue weighted by Gasteiger charge is 2.31. The smallest absolute Gasteiger partial charge is 0.308 e. The molecule has 1 heterocycles. The summed E-state index contributed by atoms with van der Waals surface area (Å²) >= 11 is 13.8. The van der Waals surface area contributed by atoms with Gasteiger partial charge in [-0.1, -0.05) is 41.4 Å².